The van der Waals surface area contributed by atoms with Crippen molar-refractivity contribution in [3.8, 4) is 0 Å². The zero-order chi connectivity index (χ0) is 14.5. The fourth-order valence-electron chi connectivity index (χ4n) is 2.28. The van der Waals surface area contributed by atoms with Crippen LogP contribution in [0.1, 0.15) is 12.0 Å². The average molecular weight is 316 g/mol. The van der Waals surface area contributed by atoms with Crippen LogP contribution in [0.4, 0.5) is 5.69 Å². The minimum atomic E-state index is 0. The van der Waals surface area contributed by atoms with Crippen molar-refractivity contribution in [3.63, 3.8) is 0 Å². The molecule has 0 aliphatic carbocycles. The van der Waals surface area contributed by atoms with E-state index < -0.39 is 0 Å². The number of halogens is 1. The van der Waals surface area contributed by atoms with Crippen LogP contribution in [0.25, 0.3) is 0 Å². The number of amides is 1. The van der Waals surface area contributed by atoms with E-state index in [1.165, 1.54) is 0 Å². The van der Waals surface area contributed by atoms with E-state index in [1.54, 1.807) is 4.90 Å². The molecule has 0 unspecified atom stereocenters. The third kappa shape index (κ3) is 3.86. The van der Waals surface area contributed by atoms with Gasteiger partial charge >= 0.3 is 0 Å². The van der Waals surface area contributed by atoms with Crippen LogP contribution >= 0.6 is 12.4 Å². The Bertz CT molecular complexity index is 643. The number of benzene rings is 2. The number of nitrogens with one attached hydrogen (secondary N) is 1. The van der Waals surface area contributed by atoms with E-state index >= 15 is 0 Å². The summed E-state index contributed by atoms with van der Waals surface area (Å²) in [6.07, 6.45) is 0.465. The number of guanidine groups is 1. The van der Waals surface area contributed by atoms with Crippen molar-refractivity contribution >= 4 is 30.0 Å². The predicted molar refractivity (Wildman–Crippen MR) is 91.2 cm³/mol. The molecule has 0 spiro atoms. The summed E-state index contributed by atoms with van der Waals surface area (Å²) in [5.41, 5.74) is 2.03. The molecular formula is C17H18ClN3O. The van der Waals surface area contributed by atoms with Crippen LogP contribution < -0.4 is 5.32 Å². The summed E-state index contributed by atoms with van der Waals surface area (Å²) in [6.45, 7) is 1.08. The second-order valence-electron chi connectivity index (χ2n) is 4.91. The molecule has 2 aromatic carbocycles. The van der Waals surface area contributed by atoms with Gasteiger partial charge in [-0.15, -0.1) is 12.4 Å². The zero-order valence-electron chi connectivity index (χ0n) is 12.1. The number of nitrogens with zero attached hydrogens (tertiary/aromatic N) is 2. The quantitative estimate of drug-likeness (QED) is 0.944. The Morgan fingerprint density at radius 2 is 1.64 bits per heavy atom. The van der Waals surface area contributed by atoms with E-state index in [0.29, 0.717) is 25.5 Å². The molecule has 3 rings (SSSR count). The molecule has 0 bridgehead atoms. The Labute approximate surface area is 136 Å². The summed E-state index contributed by atoms with van der Waals surface area (Å²) in [7, 11) is 0. The van der Waals surface area contributed by atoms with Gasteiger partial charge in [-0.05, 0) is 17.7 Å². The van der Waals surface area contributed by atoms with Crippen molar-refractivity contribution in [1.29, 1.82) is 0 Å². The number of rotatable bonds is 3. The van der Waals surface area contributed by atoms with Gasteiger partial charge in [0.2, 0.25) is 11.9 Å². The van der Waals surface area contributed by atoms with E-state index in [2.05, 4.69) is 10.3 Å². The van der Waals surface area contributed by atoms with Crippen LogP contribution in [0, 0.1) is 0 Å². The molecule has 114 valence electrons. The SMILES string of the molecule is Cl.O=C1CCN=C(Nc2ccccc2)N1Cc1ccccc1. The Morgan fingerprint density at radius 3 is 2.32 bits per heavy atom. The normalized spacial score (nSPS) is 14.1. The maximum Gasteiger partial charge on any atom is 0.231 e. The monoisotopic (exact) mass is 315 g/mol. The Kier molecular flexibility index (Phi) is 5.55. The van der Waals surface area contributed by atoms with Gasteiger partial charge in [-0.1, -0.05) is 48.5 Å². The van der Waals surface area contributed by atoms with Gasteiger partial charge < -0.3 is 5.32 Å². The molecule has 0 aromatic heterocycles. The zero-order valence-corrected chi connectivity index (χ0v) is 12.9. The largest absolute Gasteiger partial charge is 0.326 e. The Balaban J connectivity index is 0.00000176. The van der Waals surface area contributed by atoms with E-state index in [9.17, 15) is 4.79 Å². The number of carbonyl (C=O) groups is 1. The first-order valence-corrected chi connectivity index (χ1v) is 7.04. The van der Waals surface area contributed by atoms with E-state index in [1.807, 2.05) is 60.7 Å². The predicted octanol–water partition coefficient (Wildman–Crippen LogP) is 3.31. The number of carbonyl (C=O) groups excluding carboxylic acids is 1. The number of hydrogen-bond donors (Lipinski definition) is 1. The van der Waals surface area contributed by atoms with Crippen molar-refractivity contribution in [3.05, 3.63) is 66.2 Å². The van der Waals surface area contributed by atoms with Crippen LogP contribution in [0.3, 0.4) is 0 Å². The summed E-state index contributed by atoms with van der Waals surface area (Å²) < 4.78 is 0. The number of aliphatic imine (C=N–C) groups is 1. The van der Waals surface area contributed by atoms with Crippen molar-refractivity contribution in [2.75, 3.05) is 11.9 Å². The van der Waals surface area contributed by atoms with Crippen molar-refractivity contribution in [1.82, 2.24) is 4.90 Å². The van der Waals surface area contributed by atoms with Gasteiger partial charge in [0.05, 0.1) is 13.1 Å². The van der Waals surface area contributed by atoms with Crippen LogP contribution in [0.5, 0.6) is 0 Å². The molecule has 2 aromatic rings. The van der Waals surface area contributed by atoms with Gasteiger partial charge in [-0.25, -0.2) is 0 Å². The van der Waals surface area contributed by atoms with E-state index in [0.717, 1.165) is 11.3 Å². The average Bonchev–Trinajstić information content (AvgIpc) is 2.53. The van der Waals surface area contributed by atoms with Crippen molar-refractivity contribution < 1.29 is 4.79 Å². The fraction of sp³-hybridized carbons (Fsp3) is 0.176. The fourth-order valence-corrected chi connectivity index (χ4v) is 2.28. The maximum atomic E-state index is 12.2. The van der Waals surface area contributed by atoms with Crippen molar-refractivity contribution in [2.45, 2.75) is 13.0 Å². The lowest BCUT2D eigenvalue weighted by Crippen LogP contribution is -2.43. The van der Waals surface area contributed by atoms with Gasteiger partial charge in [-0.2, -0.15) is 0 Å². The first-order chi connectivity index (χ1) is 10.3. The minimum Gasteiger partial charge on any atom is -0.326 e. The highest BCUT2D eigenvalue weighted by atomic mass is 35.5. The minimum absolute atomic E-state index is 0. The Hall–Kier alpha value is -2.33. The topological polar surface area (TPSA) is 44.7 Å². The third-order valence-corrected chi connectivity index (χ3v) is 3.36. The number of anilines is 1. The van der Waals surface area contributed by atoms with Gasteiger partial charge in [0.15, 0.2) is 0 Å². The van der Waals surface area contributed by atoms with E-state index in [-0.39, 0.29) is 18.3 Å². The highest BCUT2D eigenvalue weighted by molar-refractivity contribution is 6.05. The standard InChI is InChI=1S/C17H17N3O.ClH/c21-16-11-12-18-17(19-15-9-5-2-6-10-15)20(16)13-14-7-3-1-4-8-14;/h1-10H,11-13H2,(H,18,19);1H. The lowest BCUT2D eigenvalue weighted by molar-refractivity contribution is -0.128. The summed E-state index contributed by atoms with van der Waals surface area (Å²) in [5, 5.41) is 3.24. The van der Waals surface area contributed by atoms with Crippen LogP contribution in [-0.2, 0) is 11.3 Å². The molecule has 1 heterocycles. The summed E-state index contributed by atoms with van der Waals surface area (Å²) in [6, 6.07) is 19.7. The summed E-state index contributed by atoms with van der Waals surface area (Å²) in [4.78, 5) is 18.4. The molecule has 1 N–H and O–H groups in total. The Morgan fingerprint density at radius 1 is 1.00 bits per heavy atom. The molecule has 1 aliphatic rings. The highest BCUT2D eigenvalue weighted by Crippen LogP contribution is 2.14. The number of para-hydroxylation sites is 1. The molecule has 0 fully saturated rings. The molecule has 22 heavy (non-hydrogen) atoms. The summed E-state index contributed by atoms with van der Waals surface area (Å²) >= 11 is 0. The second-order valence-corrected chi connectivity index (χ2v) is 4.91. The van der Waals surface area contributed by atoms with E-state index in [4.69, 9.17) is 0 Å². The molecule has 0 saturated heterocycles. The third-order valence-electron chi connectivity index (χ3n) is 3.36. The smallest absolute Gasteiger partial charge is 0.231 e. The maximum absolute atomic E-state index is 12.2. The molecule has 0 radical (unpaired) electrons. The molecule has 1 amide bonds. The van der Waals surface area contributed by atoms with Crippen LogP contribution in [0.2, 0.25) is 0 Å². The first kappa shape index (κ1) is 16.0. The van der Waals surface area contributed by atoms with Gasteiger partial charge in [0.25, 0.3) is 0 Å². The molecule has 0 saturated carbocycles. The van der Waals surface area contributed by atoms with Gasteiger partial charge in [0, 0.05) is 12.1 Å². The highest BCUT2D eigenvalue weighted by Gasteiger charge is 2.23. The summed E-state index contributed by atoms with van der Waals surface area (Å²) in [5.74, 6) is 0.730. The first-order valence-electron chi connectivity index (χ1n) is 7.04. The molecule has 0 atom stereocenters. The lowest BCUT2D eigenvalue weighted by atomic mass is 10.2. The molecule has 4 nitrogen and oxygen atoms in total. The van der Waals surface area contributed by atoms with Crippen molar-refractivity contribution in [2.24, 2.45) is 4.99 Å². The number of hydrogen-bond acceptors (Lipinski definition) is 3. The molecule has 5 heteroatoms. The molecule has 1 aliphatic heterocycles. The molecular weight excluding hydrogens is 298 g/mol. The second kappa shape index (κ2) is 7.61. The lowest BCUT2D eigenvalue weighted by Gasteiger charge is -2.28. The van der Waals surface area contributed by atoms with Crippen LogP contribution in [0.15, 0.2) is 65.7 Å². The van der Waals surface area contributed by atoms with Gasteiger partial charge in [-0.3, -0.25) is 14.7 Å². The van der Waals surface area contributed by atoms with Crippen LogP contribution in [-0.4, -0.2) is 23.3 Å². The van der Waals surface area contributed by atoms with Gasteiger partial charge in [0.1, 0.15) is 0 Å².